The summed E-state index contributed by atoms with van der Waals surface area (Å²) in [5.74, 6) is 0.377. The number of nitrogens with one attached hydrogen (secondary N) is 1. The Labute approximate surface area is 164 Å². The van der Waals surface area contributed by atoms with Crippen molar-refractivity contribution in [3.05, 3.63) is 33.8 Å². The lowest BCUT2D eigenvalue weighted by molar-refractivity contribution is -0.129. The Hall–Kier alpha value is -1.30. The molecule has 142 valence electrons. The molecule has 3 rings (SSSR count). The van der Waals surface area contributed by atoms with Crippen LogP contribution in [-0.4, -0.2) is 60.4 Å². The molecule has 2 unspecified atom stereocenters. The van der Waals surface area contributed by atoms with Crippen LogP contribution in [-0.2, 0) is 4.79 Å². The number of nitrogens with zero attached hydrogens (tertiary/aromatic N) is 2. The highest BCUT2D eigenvalue weighted by atomic mass is 35.5. The van der Waals surface area contributed by atoms with Crippen molar-refractivity contribution in [2.75, 3.05) is 32.7 Å². The van der Waals surface area contributed by atoms with Crippen LogP contribution in [0.4, 0.5) is 0 Å². The maximum atomic E-state index is 12.4. The van der Waals surface area contributed by atoms with Crippen molar-refractivity contribution < 1.29 is 9.59 Å². The number of likely N-dealkylation sites (tertiary alicyclic amines) is 2. The fraction of sp³-hybridized carbons (Fsp3) is 0.579. The quantitative estimate of drug-likeness (QED) is 0.848. The number of halogens is 2. The molecule has 26 heavy (non-hydrogen) atoms. The van der Waals surface area contributed by atoms with Gasteiger partial charge in [0.25, 0.3) is 5.91 Å². The van der Waals surface area contributed by atoms with Gasteiger partial charge in [0.15, 0.2) is 0 Å². The molecule has 0 aromatic heterocycles. The van der Waals surface area contributed by atoms with E-state index in [1.165, 1.54) is 18.9 Å². The van der Waals surface area contributed by atoms with Gasteiger partial charge >= 0.3 is 0 Å². The summed E-state index contributed by atoms with van der Waals surface area (Å²) < 4.78 is 0. The van der Waals surface area contributed by atoms with E-state index in [2.05, 4.69) is 17.1 Å². The molecule has 0 spiro atoms. The van der Waals surface area contributed by atoms with Crippen LogP contribution in [0.2, 0.25) is 10.0 Å². The minimum Gasteiger partial charge on any atom is -0.343 e. The lowest BCUT2D eigenvalue weighted by atomic mass is 9.98. The number of carbonyl (C=O) groups excluding carboxylic acids is 2. The molecule has 2 amide bonds. The second-order valence-electron chi connectivity index (χ2n) is 7.34. The SMILES string of the molecule is CC1CCCN(C2CCN(C(=O)CNC(=O)c3ccc(Cl)c(Cl)c3)C2)C1. The minimum atomic E-state index is -0.322. The average Bonchev–Trinajstić information content (AvgIpc) is 3.12. The van der Waals surface area contributed by atoms with Gasteiger partial charge in [-0.15, -0.1) is 0 Å². The van der Waals surface area contributed by atoms with Crippen molar-refractivity contribution in [1.29, 1.82) is 0 Å². The molecule has 0 bridgehead atoms. The molecule has 0 radical (unpaired) electrons. The summed E-state index contributed by atoms with van der Waals surface area (Å²) in [7, 11) is 0. The Kier molecular flexibility index (Phi) is 6.43. The van der Waals surface area contributed by atoms with E-state index in [1.54, 1.807) is 12.1 Å². The molecule has 1 N–H and O–H groups in total. The maximum absolute atomic E-state index is 12.4. The molecule has 0 saturated carbocycles. The van der Waals surface area contributed by atoms with Gasteiger partial charge in [0.05, 0.1) is 16.6 Å². The van der Waals surface area contributed by atoms with Crippen LogP contribution >= 0.6 is 23.2 Å². The zero-order valence-corrected chi connectivity index (χ0v) is 16.5. The Morgan fingerprint density at radius 2 is 1.96 bits per heavy atom. The molecule has 7 heteroatoms. The van der Waals surface area contributed by atoms with Crippen molar-refractivity contribution in [3.8, 4) is 0 Å². The molecule has 2 aliphatic rings. The summed E-state index contributed by atoms with van der Waals surface area (Å²) in [6.07, 6.45) is 3.55. The van der Waals surface area contributed by atoms with Crippen LogP contribution in [0.25, 0.3) is 0 Å². The van der Waals surface area contributed by atoms with Crippen molar-refractivity contribution in [2.45, 2.75) is 32.2 Å². The third-order valence-electron chi connectivity index (χ3n) is 5.30. The number of rotatable bonds is 4. The number of amides is 2. The van der Waals surface area contributed by atoms with E-state index >= 15 is 0 Å². The summed E-state index contributed by atoms with van der Waals surface area (Å²) in [5.41, 5.74) is 0.397. The van der Waals surface area contributed by atoms with Gasteiger partial charge in [0.1, 0.15) is 0 Å². The first-order chi connectivity index (χ1) is 12.4. The van der Waals surface area contributed by atoms with Crippen LogP contribution < -0.4 is 5.32 Å². The van der Waals surface area contributed by atoms with Gasteiger partial charge < -0.3 is 10.2 Å². The van der Waals surface area contributed by atoms with Crippen molar-refractivity contribution >= 4 is 35.0 Å². The summed E-state index contributed by atoms with van der Waals surface area (Å²) >= 11 is 11.8. The predicted molar refractivity (Wildman–Crippen MR) is 104 cm³/mol. The Bertz CT molecular complexity index is 683. The van der Waals surface area contributed by atoms with E-state index in [1.807, 2.05) is 4.90 Å². The van der Waals surface area contributed by atoms with E-state index in [0.717, 1.165) is 38.5 Å². The number of hydrogen-bond acceptors (Lipinski definition) is 3. The van der Waals surface area contributed by atoms with Gasteiger partial charge in [-0.2, -0.15) is 0 Å². The largest absolute Gasteiger partial charge is 0.343 e. The minimum absolute atomic E-state index is 0.00218. The topological polar surface area (TPSA) is 52.6 Å². The molecular weight excluding hydrogens is 373 g/mol. The van der Waals surface area contributed by atoms with Crippen molar-refractivity contribution in [3.63, 3.8) is 0 Å². The normalized spacial score (nSPS) is 23.9. The molecule has 1 aromatic rings. The van der Waals surface area contributed by atoms with Crippen LogP contribution in [0.5, 0.6) is 0 Å². The zero-order valence-electron chi connectivity index (χ0n) is 15.0. The van der Waals surface area contributed by atoms with Crippen molar-refractivity contribution in [2.24, 2.45) is 5.92 Å². The first-order valence-corrected chi connectivity index (χ1v) is 9.94. The first-order valence-electron chi connectivity index (χ1n) is 9.19. The van der Waals surface area contributed by atoms with Gasteiger partial charge in [0, 0.05) is 31.2 Å². The fourth-order valence-corrected chi connectivity index (χ4v) is 4.13. The lowest BCUT2D eigenvalue weighted by Crippen LogP contribution is -2.45. The molecule has 2 atom stereocenters. The van der Waals surface area contributed by atoms with Gasteiger partial charge in [-0.1, -0.05) is 30.1 Å². The van der Waals surface area contributed by atoms with E-state index < -0.39 is 0 Å². The number of hydrogen-bond donors (Lipinski definition) is 1. The van der Waals surface area contributed by atoms with Gasteiger partial charge in [-0.05, 0) is 49.9 Å². The summed E-state index contributed by atoms with van der Waals surface area (Å²) in [5, 5.41) is 3.40. The summed E-state index contributed by atoms with van der Waals surface area (Å²) in [6.45, 7) is 6.07. The molecule has 2 fully saturated rings. The lowest BCUT2D eigenvalue weighted by Gasteiger charge is -2.35. The molecule has 2 heterocycles. The first kappa shape index (κ1) is 19.5. The second kappa shape index (κ2) is 8.59. The highest BCUT2D eigenvalue weighted by molar-refractivity contribution is 6.42. The summed E-state index contributed by atoms with van der Waals surface area (Å²) in [6, 6.07) is 5.13. The van der Waals surface area contributed by atoms with Gasteiger partial charge in [-0.3, -0.25) is 14.5 Å². The molecule has 0 aliphatic carbocycles. The zero-order chi connectivity index (χ0) is 18.7. The average molecular weight is 398 g/mol. The maximum Gasteiger partial charge on any atom is 0.251 e. The monoisotopic (exact) mass is 397 g/mol. The highest BCUT2D eigenvalue weighted by Crippen LogP contribution is 2.24. The second-order valence-corrected chi connectivity index (χ2v) is 8.15. The molecule has 2 aliphatic heterocycles. The molecule has 5 nitrogen and oxygen atoms in total. The highest BCUT2D eigenvalue weighted by Gasteiger charge is 2.32. The van der Waals surface area contributed by atoms with Crippen LogP contribution in [0, 0.1) is 5.92 Å². The standard InChI is InChI=1S/C19H25Cl2N3O2/c1-13-3-2-7-23(11-13)15-6-8-24(12-15)18(25)10-22-19(26)14-4-5-16(20)17(21)9-14/h4-5,9,13,15H,2-3,6-8,10-12H2,1H3,(H,22,26). The Balaban J connectivity index is 1.48. The number of carbonyl (C=O) groups is 2. The van der Waals surface area contributed by atoms with E-state index in [9.17, 15) is 9.59 Å². The Morgan fingerprint density at radius 1 is 1.15 bits per heavy atom. The fourth-order valence-electron chi connectivity index (χ4n) is 3.83. The van der Waals surface area contributed by atoms with Gasteiger partial charge in [-0.25, -0.2) is 0 Å². The van der Waals surface area contributed by atoms with Crippen LogP contribution in [0.3, 0.4) is 0 Å². The third-order valence-corrected chi connectivity index (χ3v) is 6.04. The third kappa shape index (κ3) is 4.70. The number of piperidine rings is 1. The Morgan fingerprint density at radius 3 is 2.69 bits per heavy atom. The molecular formula is C19H25Cl2N3O2. The smallest absolute Gasteiger partial charge is 0.251 e. The van der Waals surface area contributed by atoms with E-state index in [-0.39, 0.29) is 18.4 Å². The summed E-state index contributed by atoms with van der Waals surface area (Å²) in [4.78, 5) is 29.0. The van der Waals surface area contributed by atoms with E-state index in [0.29, 0.717) is 21.7 Å². The molecule has 1 aromatic carbocycles. The van der Waals surface area contributed by atoms with Crippen LogP contribution in [0.15, 0.2) is 18.2 Å². The molecule has 2 saturated heterocycles. The van der Waals surface area contributed by atoms with Gasteiger partial charge in [0.2, 0.25) is 5.91 Å². The van der Waals surface area contributed by atoms with Crippen molar-refractivity contribution in [1.82, 2.24) is 15.1 Å². The number of benzene rings is 1. The predicted octanol–water partition coefficient (Wildman–Crippen LogP) is 3.06. The van der Waals surface area contributed by atoms with Crippen LogP contribution in [0.1, 0.15) is 36.5 Å². The van der Waals surface area contributed by atoms with E-state index in [4.69, 9.17) is 23.2 Å².